The number of rotatable bonds is 5. The Morgan fingerprint density at radius 1 is 1.21 bits per heavy atom. The van der Waals surface area contributed by atoms with E-state index in [4.69, 9.17) is 0 Å². The first-order valence-electron chi connectivity index (χ1n) is 7.85. The van der Waals surface area contributed by atoms with Crippen molar-refractivity contribution in [1.29, 1.82) is 0 Å². The molecule has 1 aliphatic rings. The van der Waals surface area contributed by atoms with Crippen LogP contribution in [0, 0.1) is 12.8 Å². The molecule has 1 fully saturated rings. The van der Waals surface area contributed by atoms with Crippen LogP contribution in [0.4, 0.5) is 10.5 Å². The number of carbonyl (C=O) groups excluding carboxylic acids is 2. The highest BCUT2D eigenvalue weighted by Crippen LogP contribution is 2.50. The second-order valence-electron chi connectivity index (χ2n) is 5.93. The van der Waals surface area contributed by atoms with Crippen molar-refractivity contribution in [1.82, 2.24) is 5.32 Å². The molecule has 0 aliphatic heterocycles. The summed E-state index contributed by atoms with van der Waals surface area (Å²) in [5, 5.41) is 5.58. The van der Waals surface area contributed by atoms with Crippen molar-refractivity contribution >= 4 is 29.0 Å². The number of ether oxygens (including phenoxy) is 1. The van der Waals surface area contributed by atoms with Crippen LogP contribution in [0.3, 0.4) is 0 Å². The van der Waals surface area contributed by atoms with Crippen molar-refractivity contribution in [2.24, 2.45) is 5.92 Å². The number of methoxy groups -OCH3 is 1. The maximum Gasteiger partial charge on any atom is 0.407 e. The third-order valence-electron chi connectivity index (χ3n) is 4.10. The van der Waals surface area contributed by atoms with Crippen molar-refractivity contribution in [3.05, 3.63) is 51.7 Å². The molecule has 1 aliphatic carbocycles. The molecule has 0 saturated heterocycles. The van der Waals surface area contributed by atoms with E-state index in [1.807, 2.05) is 24.3 Å². The van der Waals surface area contributed by atoms with E-state index in [1.54, 1.807) is 11.3 Å². The third kappa shape index (κ3) is 3.94. The van der Waals surface area contributed by atoms with Crippen LogP contribution in [-0.4, -0.2) is 19.1 Å². The predicted molar refractivity (Wildman–Crippen MR) is 94.2 cm³/mol. The standard InChI is InChI=1S/C18H20N2O3S/c1-11-3-8-16(24-11)14-9-15(14)17(21)20-13-6-4-12(5-7-13)10-19-18(22)23-2/h3-8,14-15H,9-10H2,1-2H3,(H,19,22)(H,20,21)/t14-,15-/m0/s1. The molecular weight excluding hydrogens is 324 g/mol. The van der Waals surface area contributed by atoms with Crippen LogP contribution in [0.25, 0.3) is 0 Å². The Morgan fingerprint density at radius 3 is 2.58 bits per heavy atom. The molecule has 1 aromatic heterocycles. The number of thiophene rings is 1. The largest absolute Gasteiger partial charge is 0.453 e. The Balaban J connectivity index is 1.51. The van der Waals surface area contributed by atoms with Gasteiger partial charge in [0.2, 0.25) is 5.91 Å². The Labute approximate surface area is 145 Å². The summed E-state index contributed by atoms with van der Waals surface area (Å²) in [6.45, 7) is 2.48. The van der Waals surface area contributed by atoms with E-state index in [2.05, 4.69) is 34.4 Å². The maximum absolute atomic E-state index is 12.3. The van der Waals surface area contributed by atoms with Crippen molar-refractivity contribution < 1.29 is 14.3 Å². The van der Waals surface area contributed by atoms with Crippen molar-refractivity contribution in [3.8, 4) is 0 Å². The highest BCUT2D eigenvalue weighted by Gasteiger charge is 2.44. The third-order valence-corrected chi connectivity index (χ3v) is 5.23. The van der Waals surface area contributed by atoms with Gasteiger partial charge in [0.15, 0.2) is 0 Å². The van der Waals surface area contributed by atoms with Gasteiger partial charge in [0.25, 0.3) is 0 Å². The minimum Gasteiger partial charge on any atom is -0.453 e. The molecule has 1 saturated carbocycles. The topological polar surface area (TPSA) is 67.4 Å². The summed E-state index contributed by atoms with van der Waals surface area (Å²) in [6.07, 6.45) is 0.461. The lowest BCUT2D eigenvalue weighted by Crippen LogP contribution is -2.22. The van der Waals surface area contributed by atoms with Gasteiger partial charge < -0.3 is 15.4 Å². The van der Waals surface area contributed by atoms with Gasteiger partial charge in [0.1, 0.15) is 0 Å². The zero-order chi connectivity index (χ0) is 17.1. The maximum atomic E-state index is 12.3. The zero-order valence-electron chi connectivity index (χ0n) is 13.7. The molecule has 3 rings (SSSR count). The quantitative estimate of drug-likeness (QED) is 0.870. The lowest BCUT2D eigenvalue weighted by Gasteiger charge is -2.07. The molecule has 1 heterocycles. The van der Waals surface area contributed by atoms with Crippen molar-refractivity contribution in [3.63, 3.8) is 0 Å². The lowest BCUT2D eigenvalue weighted by molar-refractivity contribution is -0.117. The molecule has 2 N–H and O–H groups in total. The molecule has 2 aromatic rings. The predicted octanol–water partition coefficient (Wildman–Crippen LogP) is 3.65. The molecule has 0 spiro atoms. The van der Waals surface area contributed by atoms with E-state index in [9.17, 15) is 9.59 Å². The van der Waals surface area contributed by atoms with Gasteiger partial charge >= 0.3 is 6.09 Å². The summed E-state index contributed by atoms with van der Waals surface area (Å²) in [6, 6.07) is 11.7. The van der Waals surface area contributed by atoms with Gasteiger partial charge in [-0.2, -0.15) is 0 Å². The number of nitrogens with one attached hydrogen (secondary N) is 2. The molecule has 0 bridgehead atoms. The second kappa shape index (κ2) is 7.05. The number of benzene rings is 1. The first-order valence-corrected chi connectivity index (χ1v) is 8.66. The number of anilines is 1. The molecule has 1 aromatic carbocycles. The van der Waals surface area contributed by atoms with Crippen molar-refractivity contribution in [2.75, 3.05) is 12.4 Å². The zero-order valence-corrected chi connectivity index (χ0v) is 14.5. The number of alkyl carbamates (subject to hydrolysis) is 1. The fraction of sp³-hybridized carbons (Fsp3) is 0.333. The van der Waals surface area contributed by atoms with Crippen molar-refractivity contribution in [2.45, 2.75) is 25.8 Å². The average molecular weight is 344 g/mol. The van der Waals surface area contributed by atoms with Crippen LogP contribution in [0.15, 0.2) is 36.4 Å². The summed E-state index contributed by atoms with van der Waals surface area (Å²) >= 11 is 1.77. The van der Waals surface area contributed by atoms with Gasteiger partial charge in [0, 0.05) is 33.8 Å². The Bertz CT molecular complexity index is 739. The van der Waals surface area contributed by atoms with E-state index >= 15 is 0 Å². The summed E-state index contributed by atoms with van der Waals surface area (Å²) in [4.78, 5) is 26.0. The van der Waals surface area contributed by atoms with E-state index in [0.717, 1.165) is 17.7 Å². The number of hydrogen-bond donors (Lipinski definition) is 2. The van der Waals surface area contributed by atoms with Gasteiger partial charge in [-0.3, -0.25) is 4.79 Å². The molecule has 2 atom stereocenters. The molecule has 2 amide bonds. The van der Waals surface area contributed by atoms with Gasteiger partial charge in [-0.25, -0.2) is 4.79 Å². The van der Waals surface area contributed by atoms with Crippen LogP contribution >= 0.6 is 11.3 Å². The molecule has 6 heteroatoms. The van der Waals surface area contributed by atoms with Crippen LogP contribution in [-0.2, 0) is 16.1 Å². The molecule has 0 radical (unpaired) electrons. The summed E-state index contributed by atoms with van der Waals surface area (Å²) in [7, 11) is 1.33. The monoisotopic (exact) mass is 344 g/mol. The minimum absolute atomic E-state index is 0.0729. The average Bonchev–Trinajstić information content (AvgIpc) is 3.28. The van der Waals surface area contributed by atoms with Gasteiger partial charge in [-0.05, 0) is 43.2 Å². The molecule has 24 heavy (non-hydrogen) atoms. The Kier molecular flexibility index (Phi) is 4.85. The molecule has 126 valence electrons. The van der Waals surface area contributed by atoms with E-state index in [0.29, 0.717) is 12.5 Å². The summed E-state index contributed by atoms with van der Waals surface area (Å²) < 4.78 is 4.52. The van der Waals surface area contributed by atoms with Gasteiger partial charge in [-0.15, -0.1) is 11.3 Å². The van der Waals surface area contributed by atoms with E-state index in [1.165, 1.54) is 16.9 Å². The number of amides is 2. The van der Waals surface area contributed by atoms with Crippen LogP contribution in [0.5, 0.6) is 0 Å². The van der Waals surface area contributed by atoms with Crippen LogP contribution in [0.2, 0.25) is 0 Å². The smallest absolute Gasteiger partial charge is 0.407 e. The fourth-order valence-corrected chi connectivity index (χ4v) is 3.70. The Morgan fingerprint density at radius 2 is 1.96 bits per heavy atom. The van der Waals surface area contributed by atoms with Crippen LogP contribution in [0.1, 0.15) is 27.7 Å². The highest BCUT2D eigenvalue weighted by atomic mass is 32.1. The van der Waals surface area contributed by atoms with E-state index < -0.39 is 6.09 Å². The Hall–Kier alpha value is -2.34. The van der Waals surface area contributed by atoms with Gasteiger partial charge in [-0.1, -0.05) is 12.1 Å². The first kappa shape index (κ1) is 16.5. The highest BCUT2D eigenvalue weighted by molar-refractivity contribution is 7.12. The SMILES string of the molecule is COC(=O)NCc1ccc(NC(=O)[C@H]2C[C@@H]2c2ccc(C)s2)cc1. The van der Waals surface area contributed by atoms with E-state index in [-0.39, 0.29) is 11.8 Å². The number of hydrogen-bond acceptors (Lipinski definition) is 4. The first-order chi connectivity index (χ1) is 11.6. The van der Waals surface area contributed by atoms with Gasteiger partial charge in [0.05, 0.1) is 7.11 Å². The fourth-order valence-electron chi connectivity index (χ4n) is 2.64. The molecule has 0 unspecified atom stereocenters. The lowest BCUT2D eigenvalue weighted by atomic mass is 10.2. The number of carbonyl (C=O) groups is 2. The minimum atomic E-state index is -0.462. The molecular formula is C18H20N2O3S. The summed E-state index contributed by atoms with van der Waals surface area (Å²) in [5.74, 6) is 0.516. The summed E-state index contributed by atoms with van der Waals surface area (Å²) in [5.41, 5.74) is 1.71. The number of aryl methyl sites for hydroxylation is 1. The van der Waals surface area contributed by atoms with Crippen LogP contribution < -0.4 is 10.6 Å². The molecule has 5 nitrogen and oxygen atoms in total. The second-order valence-corrected chi connectivity index (χ2v) is 7.25. The normalized spacial score (nSPS) is 18.8.